The molecule has 0 saturated heterocycles. The van der Waals surface area contributed by atoms with Gasteiger partial charge in [0.2, 0.25) is 11.8 Å². The van der Waals surface area contributed by atoms with E-state index in [1.54, 1.807) is 13.3 Å². The lowest BCUT2D eigenvalue weighted by atomic mass is 10.2. The van der Waals surface area contributed by atoms with Crippen LogP contribution in [0.3, 0.4) is 0 Å². The van der Waals surface area contributed by atoms with Crippen LogP contribution in [0.15, 0.2) is 10.7 Å². The Balaban J connectivity index is 2.69. The summed E-state index contributed by atoms with van der Waals surface area (Å²) in [5, 5.41) is 3.14. The van der Waals surface area contributed by atoms with Gasteiger partial charge in [0.25, 0.3) is 0 Å². The second-order valence-corrected chi connectivity index (χ2v) is 4.03. The highest BCUT2D eigenvalue weighted by Gasteiger charge is 2.07. The van der Waals surface area contributed by atoms with E-state index in [1.165, 1.54) is 0 Å². The van der Waals surface area contributed by atoms with E-state index in [4.69, 9.17) is 10.5 Å². The Morgan fingerprint density at radius 2 is 2.40 bits per heavy atom. The van der Waals surface area contributed by atoms with E-state index in [9.17, 15) is 0 Å². The number of halogens is 1. The molecule has 0 radical (unpaired) electrons. The van der Waals surface area contributed by atoms with Gasteiger partial charge in [0, 0.05) is 6.04 Å². The molecule has 1 heterocycles. The third-order valence-electron chi connectivity index (χ3n) is 1.88. The molecular weight excluding hydrogens is 260 g/mol. The third-order valence-corrected chi connectivity index (χ3v) is 2.42. The van der Waals surface area contributed by atoms with Crippen molar-refractivity contribution in [2.75, 3.05) is 19.0 Å². The molecule has 0 amide bonds. The highest BCUT2D eigenvalue weighted by atomic mass is 79.9. The fourth-order valence-electron chi connectivity index (χ4n) is 1.11. The van der Waals surface area contributed by atoms with Crippen LogP contribution in [-0.4, -0.2) is 29.7 Å². The Kier molecular flexibility index (Phi) is 4.77. The van der Waals surface area contributed by atoms with Gasteiger partial charge in [-0.05, 0) is 35.8 Å². The summed E-state index contributed by atoms with van der Waals surface area (Å²) in [4.78, 5) is 8.30. The lowest BCUT2D eigenvalue weighted by molar-refractivity contribution is 0.394. The van der Waals surface area contributed by atoms with E-state index in [0.29, 0.717) is 18.4 Å². The minimum atomic E-state index is 0.251. The van der Waals surface area contributed by atoms with Crippen LogP contribution in [0.1, 0.15) is 13.3 Å². The van der Waals surface area contributed by atoms with Crippen molar-refractivity contribution in [2.24, 2.45) is 5.73 Å². The highest BCUT2D eigenvalue weighted by Crippen LogP contribution is 2.21. The predicted molar refractivity (Wildman–Crippen MR) is 63.0 cm³/mol. The monoisotopic (exact) mass is 274 g/mol. The van der Waals surface area contributed by atoms with E-state index in [2.05, 4.69) is 31.2 Å². The molecular formula is C9H15BrN4O. The number of anilines is 1. The summed E-state index contributed by atoms with van der Waals surface area (Å²) in [5.41, 5.74) is 5.45. The van der Waals surface area contributed by atoms with Crippen LogP contribution in [-0.2, 0) is 0 Å². The number of methoxy groups -OCH3 is 1. The quantitative estimate of drug-likeness (QED) is 0.849. The van der Waals surface area contributed by atoms with Crippen molar-refractivity contribution < 1.29 is 4.74 Å². The molecule has 0 fully saturated rings. The van der Waals surface area contributed by atoms with Crippen molar-refractivity contribution >= 4 is 21.9 Å². The van der Waals surface area contributed by atoms with E-state index in [0.717, 1.165) is 10.9 Å². The van der Waals surface area contributed by atoms with Crippen LogP contribution in [0.25, 0.3) is 0 Å². The largest absolute Gasteiger partial charge is 0.480 e. The van der Waals surface area contributed by atoms with Crippen LogP contribution in [0, 0.1) is 0 Å². The molecule has 5 nitrogen and oxygen atoms in total. The Morgan fingerprint density at radius 3 is 3.00 bits per heavy atom. The molecule has 0 aliphatic carbocycles. The van der Waals surface area contributed by atoms with Gasteiger partial charge in [-0.2, -0.15) is 4.98 Å². The summed E-state index contributed by atoms with van der Waals surface area (Å²) in [6, 6.07) is 0.251. The smallest absolute Gasteiger partial charge is 0.232 e. The highest BCUT2D eigenvalue weighted by molar-refractivity contribution is 9.10. The van der Waals surface area contributed by atoms with Crippen LogP contribution < -0.4 is 15.8 Å². The van der Waals surface area contributed by atoms with Crippen molar-refractivity contribution in [1.82, 2.24) is 9.97 Å². The maximum atomic E-state index is 5.45. The second kappa shape index (κ2) is 5.87. The van der Waals surface area contributed by atoms with Gasteiger partial charge in [0.1, 0.15) is 0 Å². The fraction of sp³-hybridized carbons (Fsp3) is 0.556. The van der Waals surface area contributed by atoms with Gasteiger partial charge in [0.05, 0.1) is 17.8 Å². The summed E-state index contributed by atoms with van der Waals surface area (Å²) in [5.74, 6) is 1.07. The molecule has 1 aromatic rings. The number of nitrogens with one attached hydrogen (secondary N) is 1. The number of hydrogen-bond donors (Lipinski definition) is 2. The molecule has 3 N–H and O–H groups in total. The van der Waals surface area contributed by atoms with Crippen LogP contribution >= 0.6 is 15.9 Å². The van der Waals surface area contributed by atoms with E-state index >= 15 is 0 Å². The molecule has 6 heteroatoms. The molecule has 1 rings (SSSR count). The van der Waals surface area contributed by atoms with E-state index in [-0.39, 0.29) is 6.04 Å². The number of aromatic nitrogens is 2. The Hall–Kier alpha value is -0.880. The standard InChI is InChI=1S/C9H15BrN4O/c1-6(3-4-11)13-9-12-5-7(10)8(14-9)15-2/h5-6H,3-4,11H2,1-2H3,(H,12,13,14). The van der Waals surface area contributed by atoms with Crippen LogP contribution in [0.2, 0.25) is 0 Å². The van der Waals surface area contributed by atoms with Gasteiger partial charge in [-0.15, -0.1) is 0 Å². The van der Waals surface area contributed by atoms with Gasteiger partial charge < -0.3 is 15.8 Å². The zero-order chi connectivity index (χ0) is 11.3. The average Bonchev–Trinajstić information content (AvgIpc) is 2.21. The SMILES string of the molecule is COc1nc(NC(C)CCN)ncc1Br. The van der Waals surface area contributed by atoms with E-state index in [1.807, 2.05) is 6.92 Å². The molecule has 0 bridgehead atoms. The maximum Gasteiger partial charge on any atom is 0.232 e. The second-order valence-electron chi connectivity index (χ2n) is 3.17. The lowest BCUT2D eigenvalue weighted by Gasteiger charge is -2.13. The minimum Gasteiger partial charge on any atom is -0.480 e. The van der Waals surface area contributed by atoms with Gasteiger partial charge in [-0.3, -0.25) is 0 Å². The molecule has 0 spiro atoms. The Morgan fingerprint density at radius 1 is 1.67 bits per heavy atom. The first kappa shape index (κ1) is 12.2. The normalized spacial score (nSPS) is 12.3. The summed E-state index contributed by atoms with van der Waals surface area (Å²) in [6.07, 6.45) is 2.53. The Labute approximate surface area is 97.6 Å². The lowest BCUT2D eigenvalue weighted by Crippen LogP contribution is -2.20. The number of rotatable bonds is 5. The average molecular weight is 275 g/mol. The first-order valence-corrected chi connectivity index (χ1v) is 5.49. The molecule has 1 unspecified atom stereocenters. The van der Waals surface area contributed by atoms with Gasteiger partial charge in [-0.1, -0.05) is 0 Å². The number of ether oxygens (including phenoxy) is 1. The number of nitrogens with two attached hydrogens (primary N) is 1. The fourth-order valence-corrected chi connectivity index (χ4v) is 1.46. The molecule has 0 saturated carbocycles. The van der Waals surface area contributed by atoms with Crippen LogP contribution in [0.4, 0.5) is 5.95 Å². The number of nitrogens with zero attached hydrogens (tertiary/aromatic N) is 2. The summed E-state index contributed by atoms with van der Waals surface area (Å²) < 4.78 is 5.80. The Bertz CT molecular complexity index is 321. The number of hydrogen-bond acceptors (Lipinski definition) is 5. The first-order valence-electron chi connectivity index (χ1n) is 4.70. The summed E-state index contributed by atoms with van der Waals surface area (Å²) in [7, 11) is 1.57. The van der Waals surface area contributed by atoms with Crippen molar-refractivity contribution in [3.05, 3.63) is 10.7 Å². The van der Waals surface area contributed by atoms with Crippen molar-refractivity contribution in [3.63, 3.8) is 0 Å². The van der Waals surface area contributed by atoms with Crippen LogP contribution in [0.5, 0.6) is 5.88 Å². The maximum absolute atomic E-state index is 5.45. The van der Waals surface area contributed by atoms with Gasteiger partial charge in [-0.25, -0.2) is 4.98 Å². The minimum absolute atomic E-state index is 0.251. The molecule has 84 valence electrons. The topological polar surface area (TPSA) is 73.1 Å². The molecule has 0 aromatic carbocycles. The van der Waals surface area contributed by atoms with Crippen molar-refractivity contribution in [3.8, 4) is 5.88 Å². The predicted octanol–water partition coefficient (Wildman–Crippen LogP) is 1.40. The molecule has 0 aliphatic rings. The molecule has 1 aromatic heterocycles. The molecule has 0 aliphatic heterocycles. The van der Waals surface area contributed by atoms with Gasteiger partial charge in [0.15, 0.2) is 0 Å². The van der Waals surface area contributed by atoms with Crippen molar-refractivity contribution in [2.45, 2.75) is 19.4 Å². The van der Waals surface area contributed by atoms with E-state index < -0.39 is 0 Å². The molecule has 1 atom stereocenters. The summed E-state index contributed by atoms with van der Waals surface area (Å²) in [6.45, 7) is 2.67. The van der Waals surface area contributed by atoms with Crippen molar-refractivity contribution in [1.29, 1.82) is 0 Å². The zero-order valence-corrected chi connectivity index (χ0v) is 10.4. The zero-order valence-electron chi connectivity index (χ0n) is 8.83. The third kappa shape index (κ3) is 3.64. The van der Waals surface area contributed by atoms with Gasteiger partial charge >= 0.3 is 0 Å². The summed E-state index contributed by atoms with van der Waals surface area (Å²) >= 11 is 3.29. The first-order chi connectivity index (χ1) is 7.17. The molecule has 15 heavy (non-hydrogen) atoms.